The molecule has 0 aliphatic carbocycles. The van der Waals surface area contributed by atoms with Crippen LogP contribution in [0, 0.1) is 11.8 Å². The highest BCUT2D eigenvalue weighted by Gasteiger charge is 2.26. The number of hydrogen-bond donors (Lipinski definition) is 1. The van der Waals surface area contributed by atoms with Crippen LogP contribution >= 0.6 is 0 Å². The molecule has 2 aliphatic rings. The Kier molecular flexibility index (Phi) is 8.04. The fraction of sp³-hybridized carbons (Fsp3) is 0.483. The van der Waals surface area contributed by atoms with Crippen LogP contribution in [-0.4, -0.2) is 54.2 Å². The smallest absolute Gasteiger partial charge is 0.241 e. The van der Waals surface area contributed by atoms with Crippen molar-refractivity contribution in [1.82, 2.24) is 20.4 Å². The summed E-state index contributed by atoms with van der Waals surface area (Å²) < 4.78 is 10.7. The maximum atomic E-state index is 12.8. The number of ether oxygens (including phenoxy) is 1. The Labute approximate surface area is 219 Å². The van der Waals surface area contributed by atoms with E-state index < -0.39 is 0 Å². The predicted octanol–water partition coefficient (Wildman–Crippen LogP) is 4.51. The number of carbonyl (C=O) groups is 1. The van der Waals surface area contributed by atoms with Gasteiger partial charge in [-0.1, -0.05) is 24.2 Å². The molecule has 3 heterocycles. The van der Waals surface area contributed by atoms with Crippen LogP contribution in [-0.2, 0) is 17.9 Å². The molecule has 2 fully saturated rings. The third-order valence-electron chi connectivity index (χ3n) is 7.56. The van der Waals surface area contributed by atoms with Gasteiger partial charge in [0.25, 0.3) is 0 Å². The Morgan fingerprint density at radius 3 is 2.51 bits per heavy atom. The standard InChI is InChI=1S/C29H37N5O3/c1-21-4-3-15-34(19-21)25-9-5-22(6-10-25)18-30-29(35)24-13-16-33(17-14-24)20-27-31-28(32-37-27)23-7-11-26(36-2)12-8-23/h5-12,21,24H,3-4,13-20H2,1-2H3,(H,30,35). The number of nitrogens with one attached hydrogen (secondary N) is 1. The highest BCUT2D eigenvalue weighted by molar-refractivity contribution is 5.78. The van der Waals surface area contributed by atoms with E-state index in [1.54, 1.807) is 7.11 Å². The number of carbonyl (C=O) groups excluding carboxylic acids is 1. The number of anilines is 1. The van der Waals surface area contributed by atoms with Crippen LogP contribution < -0.4 is 15.0 Å². The van der Waals surface area contributed by atoms with E-state index >= 15 is 0 Å². The van der Waals surface area contributed by atoms with Crippen molar-refractivity contribution >= 4 is 11.6 Å². The Balaban J connectivity index is 1.05. The van der Waals surface area contributed by atoms with Crippen LogP contribution in [0.3, 0.4) is 0 Å². The lowest BCUT2D eigenvalue weighted by atomic mass is 9.96. The first-order chi connectivity index (χ1) is 18.1. The van der Waals surface area contributed by atoms with E-state index in [0.717, 1.165) is 61.8 Å². The molecule has 8 heteroatoms. The van der Waals surface area contributed by atoms with Crippen molar-refractivity contribution in [2.75, 3.05) is 38.2 Å². The Bertz CT molecular complexity index is 1150. The fourth-order valence-corrected chi connectivity index (χ4v) is 5.30. The number of rotatable bonds is 8. The molecular weight excluding hydrogens is 466 g/mol. The van der Waals surface area contributed by atoms with E-state index in [1.165, 1.54) is 18.5 Å². The number of nitrogens with zero attached hydrogens (tertiary/aromatic N) is 4. The van der Waals surface area contributed by atoms with Gasteiger partial charge in [0.15, 0.2) is 0 Å². The van der Waals surface area contributed by atoms with Gasteiger partial charge >= 0.3 is 0 Å². The average molecular weight is 504 g/mol. The van der Waals surface area contributed by atoms with Gasteiger partial charge in [-0.05, 0) is 86.7 Å². The zero-order chi connectivity index (χ0) is 25.6. The number of hydrogen-bond acceptors (Lipinski definition) is 7. The minimum absolute atomic E-state index is 0.0444. The van der Waals surface area contributed by atoms with E-state index in [2.05, 4.69) is 56.4 Å². The molecule has 5 rings (SSSR count). The number of aromatic nitrogens is 2. The van der Waals surface area contributed by atoms with Crippen LogP contribution in [0.4, 0.5) is 5.69 Å². The first-order valence-corrected chi connectivity index (χ1v) is 13.4. The molecule has 3 aromatic rings. The summed E-state index contributed by atoms with van der Waals surface area (Å²) in [6, 6.07) is 16.3. The third kappa shape index (κ3) is 6.49. The Morgan fingerprint density at radius 2 is 1.81 bits per heavy atom. The monoisotopic (exact) mass is 503 g/mol. The second-order valence-corrected chi connectivity index (χ2v) is 10.4. The highest BCUT2D eigenvalue weighted by Crippen LogP contribution is 2.24. The van der Waals surface area contributed by atoms with Crippen LogP contribution in [0.1, 0.15) is 44.1 Å². The van der Waals surface area contributed by atoms with Gasteiger partial charge in [-0.25, -0.2) is 0 Å². The van der Waals surface area contributed by atoms with Crippen LogP contribution in [0.2, 0.25) is 0 Å². The third-order valence-corrected chi connectivity index (χ3v) is 7.56. The molecule has 0 saturated carbocycles. The van der Waals surface area contributed by atoms with Gasteiger partial charge in [-0.3, -0.25) is 9.69 Å². The first kappa shape index (κ1) is 25.3. The van der Waals surface area contributed by atoms with Gasteiger partial charge in [-0.15, -0.1) is 0 Å². The van der Waals surface area contributed by atoms with E-state index in [-0.39, 0.29) is 11.8 Å². The van der Waals surface area contributed by atoms with Gasteiger partial charge < -0.3 is 19.5 Å². The SMILES string of the molecule is COc1ccc(-c2noc(CN3CCC(C(=O)NCc4ccc(N5CCCC(C)C5)cc4)CC3)n2)cc1. The number of likely N-dealkylation sites (tertiary alicyclic amines) is 1. The Morgan fingerprint density at radius 1 is 1.05 bits per heavy atom. The summed E-state index contributed by atoms with van der Waals surface area (Å²) in [5, 5.41) is 7.27. The maximum Gasteiger partial charge on any atom is 0.241 e. The molecule has 2 saturated heterocycles. The summed E-state index contributed by atoms with van der Waals surface area (Å²) in [7, 11) is 1.64. The van der Waals surface area contributed by atoms with Gasteiger partial charge in [0.1, 0.15) is 5.75 Å². The topological polar surface area (TPSA) is 83.7 Å². The fourth-order valence-electron chi connectivity index (χ4n) is 5.30. The average Bonchev–Trinajstić information content (AvgIpc) is 3.41. The molecule has 8 nitrogen and oxygen atoms in total. The number of benzene rings is 2. The molecule has 1 amide bonds. The first-order valence-electron chi connectivity index (χ1n) is 13.4. The van der Waals surface area contributed by atoms with Crippen molar-refractivity contribution < 1.29 is 14.1 Å². The quantitative estimate of drug-likeness (QED) is 0.484. The van der Waals surface area contributed by atoms with Gasteiger partial charge in [0.05, 0.1) is 13.7 Å². The van der Waals surface area contributed by atoms with Gasteiger partial charge in [0.2, 0.25) is 17.6 Å². The summed E-state index contributed by atoms with van der Waals surface area (Å²) in [5.74, 6) is 2.90. The largest absolute Gasteiger partial charge is 0.497 e. The van der Waals surface area contributed by atoms with Crippen molar-refractivity contribution in [2.24, 2.45) is 11.8 Å². The molecule has 0 radical (unpaired) electrons. The number of amides is 1. The molecule has 1 atom stereocenters. The molecule has 196 valence electrons. The second kappa shape index (κ2) is 11.8. The highest BCUT2D eigenvalue weighted by atomic mass is 16.5. The number of piperidine rings is 2. The van der Waals surface area contributed by atoms with E-state index in [9.17, 15) is 4.79 Å². The maximum absolute atomic E-state index is 12.8. The molecule has 37 heavy (non-hydrogen) atoms. The molecule has 1 N–H and O–H groups in total. The van der Waals surface area contributed by atoms with E-state index in [0.29, 0.717) is 24.8 Å². The molecule has 1 aromatic heterocycles. The van der Waals surface area contributed by atoms with E-state index in [4.69, 9.17) is 9.26 Å². The molecule has 0 spiro atoms. The van der Waals surface area contributed by atoms with Crippen molar-refractivity contribution in [3.63, 3.8) is 0 Å². The van der Waals surface area contributed by atoms with Crippen LogP contribution in [0.5, 0.6) is 5.75 Å². The molecule has 2 aromatic carbocycles. The summed E-state index contributed by atoms with van der Waals surface area (Å²) in [5.41, 5.74) is 3.32. The van der Waals surface area contributed by atoms with Crippen molar-refractivity contribution in [1.29, 1.82) is 0 Å². The molecule has 2 aliphatic heterocycles. The Hall–Kier alpha value is -3.39. The van der Waals surface area contributed by atoms with Gasteiger partial charge in [0, 0.05) is 36.8 Å². The normalized spacial score (nSPS) is 19.1. The zero-order valence-corrected chi connectivity index (χ0v) is 21.9. The number of methoxy groups -OCH3 is 1. The summed E-state index contributed by atoms with van der Waals surface area (Å²) in [6.07, 6.45) is 4.24. The zero-order valence-electron chi connectivity index (χ0n) is 21.9. The molecule has 1 unspecified atom stereocenters. The lowest BCUT2D eigenvalue weighted by molar-refractivity contribution is -0.126. The summed E-state index contributed by atoms with van der Waals surface area (Å²) in [6.45, 7) is 7.43. The van der Waals surface area contributed by atoms with Crippen molar-refractivity contribution in [3.05, 3.63) is 60.0 Å². The van der Waals surface area contributed by atoms with Crippen LogP contribution in [0.25, 0.3) is 11.4 Å². The molecule has 0 bridgehead atoms. The second-order valence-electron chi connectivity index (χ2n) is 10.4. The van der Waals surface area contributed by atoms with E-state index in [1.807, 2.05) is 24.3 Å². The predicted molar refractivity (Wildman–Crippen MR) is 143 cm³/mol. The minimum atomic E-state index is 0.0444. The summed E-state index contributed by atoms with van der Waals surface area (Å²) >= 11 is 0. The summed E-state index contributed by atoms with van der Waals surface area (Å²) in [4.78, 5) is 22.1. The lowest BCUT2D eigenvalue weighted by Gasteiger charge is -2.33. The van der Waals surface area contributed by atoms with Crippen LogP contribution in [0.15, 0.2) is 53.1 Å². The minimum Gasteiger partial charge on any atom is -0.497 e. The van der Waals surface area contributed by atoms with Gasteiger partial charge in [-0.2, -0.15) is 4.98 Å². The van der Waals surface area contributed by atoms with Crippen molar-refractivity contribution in [3.8, 4) is 17.1 Å². The van der Waals surface area contributed by atoms with Crippen molar-refractivity contribution in [2.45, 2.75) is 45.7 Å². The lowest BCUT2D eigenvalue weighted by Crippen LogP contribution is -2.40. The molecular formula is C29H37N5O3.